The van der Waals surface area contributed by atoms with E-state index in [-0.39, 0.29) is 12.3 Å². The molecule has 0 bridgehead atoms. The lowest BCUT2D eigenvalue weighted by molar-refractivity contribution is -0.163. The molecule has 24 heavy (non-hydrogen) atoms. The minimum atomic E-state index is -1.74. The van der Waals surface area contributed by atoms with Gasteiger partial charge in [0.15, 0.2) is 5.60 Å². The van der Waals surface area contributed by atoms with Crippen molar-refractivity contribution in [2.75, 3.05) is 7.11 Å². The van der Waals surface area contributed by atoms with Gasteiger partial charge in [-0.05, 0) is 42.4 Å². The molecule has 134 valence electrons. The number of carboxylic acid groups (broad SMARTS) is 1. The highest BCUT2D eigenvalue weighted by molar-refractivity contribution is 6.30. The van der Waals surface area contributed by atoms with Gasteiger partial charge in [0.05, 0.1) is 7.11 Å². The molecule has 0 spiro atoms. The minimum Gasteiger partial charge on any atom is -0.496 e. The van der Waals surface area contributed by atoms with E-state index in [0.717, 1.165) is 31.2 Å². The maximum Gasteiger partial charge on any atom is 0.335 e. The van der Waals surface area contributed by atoms with E-state index in [1.54, 1.807) is 25.3 Å². The highest BCUT2D eigenvalue weighted by atomic mass is 35.5. The summed E-state index contributed by atoms with van der Waals surface area (Å²) >= 11 is 6.12. The first-order chi connectivity index (χ1) is 11.2. The maximum atomic E-state index is 11.8. The zero-order valence-electron chi connectivity index (χ0n) is 14.6. The fourth-order valence-corrected chi connectivity index (χ4v) is 4.13. The van der Waals surface area contributed by atoms with Crippen molar-refractivity contribution in [3.05, 3.63) is 28.8 Å². The van der Waals surface area contributed by atoms with Crippen LogP contribution in [0.4, 0.5) is 0 Å². The molecule has 0 saturated heterocycles. The van der Waals surface area contributed by atoms with Crippen molar-refractivity contribution < 1.29 is 19.7 Å². The molecule has 2 rings (SSSR count). The van der Waals surface area contributed by atoms with E-state index < -0.39 is 17.0 Å². The molecule has 4 nitrogen and oxygen atoms in total. The molecule has 0 amide bonds. The molecule has 0 aromatic heterocycles. The van der Waals surface area contributed by atoms with Crippen LogP contribution in [0, 0.1) is 5.92 Å². The Morgan fingerprint density at radius 1 is 1.33 bits per heavy atom. The Morgan fingerprint density at radius 2 is 1.96 bits per heavy atom. The van der Waals surface area contributed by atoms with Crippen LogP contribution in [0.1, 0.15) is 57.9 Å². The fraction of sp³-hybridized carbons (Fsp3) is 0.632. The Bertz CT molecular complexity index is 593. The Morgan fingerprint density at radius 3 is 2.50 bits per heavy atom. The van der Waals surface area contributed by atoms with E-state index in [0.29, 0.717) is 17.2 Å². The van der Waals surface area contributed by atoms with Gasteiger partial charge in [0.2, 0.25) is 0 Å². The SMILES string of the molecule is COc1ccc(Cl)cc1C(C)(C)CC(O)(CC1CCCC1)C(=O)O. The number of hydrogen-bond acceptors (Lipinski definition) is 3. The summed E-state index contributed by atoms with van der Waals surface area (Å²) in [5, 5.41) is 21.1. The van der Waals surface area contributed by atoms with Gasteiger partial charge in [-0.15, -0.1) is 0 Å². The summed E-state index contributed by atoms with van der Waals surface area (Å²) in [6.07, 6.45) is 4.64. The van der Waals surface area contributed by atoms with E-state index in [9.17, 15) is 15.0 Å². The van der Waals surface area contributed by atoms with Gasteiger partial charge in [0, 0.05) is 10.6 Å². The molecule has 1 aliphatic rings. The second-order valence-electron chi connectivity index (χ2n) is 7.60. The summed E-state index contributed by atoms with van der Waals surface area (Å²) < 4.78 is 5.41. The summed E-state index contributed by atoms with van der Waals surface area (Å²) in [7, 11) is 1.57. The number of benzene rings is 1. The molecule has 1 fully saturated rings. The molecule has 0 aliphatic heterocycles. The number of halogens is 1. The van der Waals surface area contributed by atoms with Gasteiger partial charge in [-0.1, -0.05) is 51.1 Å². The third-order valence-electron chi connectivity index (χ3n) is 5.12. The lowest BCUT2D eigenvalue weighted by Gasteiger charge is -2.36. The molecule has 2 N–H and O–H groups in total. The zero-order chi connectivity index (χ0) is 18.0. The van der Waals surface area contributed by atoms with E-state index in [2.05, 4.69) is 0 Å². The molecule has 1 unspecified atom stereocenters. The van der Waals surface area contributed by atoms with Gasteiger partial charge >= 0.3 is 5.97 Å². The lowest BCUT2D eigenvalue weighted by atomic mass is 9.72. The topological polar surface area (TPSA) is 66.8 Å². The maximum absolute atomic E-state index is 11.8. The third-order valence-corrected chi connectivity index (χ3v) is 5.36. The predicted octanol–water partition coefficient (Wildman–Crippen LogP) is 4.41. The van der Waals surface area contributed by atoms with Crippen molar-refractivity contribution in [1.29, 1.82) is 0 Å². The van der Waals surface area contributed by atoms with Gasteiger partial charge in [-0.2, -0.15) is 0 Å². The average Bonchev–Trinajstić information content (AvgIpc) is 2.99. The fourth-order valence-electron chi connectivity index (χ4n) is 3.96. The molecule has 1 saturated carbocycles. The number of methoxy groups -OCH3 is 1. The number of rotatable bonds is 7. The molecule has 1 aliphatic carbocycles. The van der Waals surface area contributed by atoms with Crippen LogP contribution in [0.5, 0.6) is 5.75 Å². The molecule has 1 aromatic rings. The Labute approximate surface area is 148 Å². The van der Waals surface area contributed by atoms with E-state index >= 15 is 0 Å². The third kappa shape index (κ3) is 4.22. The van der Waals surface area contributed by atoms with Crippen LogP contribution in [-0.4, -0.2) is 28.9 Å². The van der Waals surface area contributed by atoms with Crippen LogP contribution >= 0.6 is 11.6 Å². The molecule has 1 aromatic carbocycles. The van der Waals surface area contributed by atoms with E-state index in [1.165, 1.54) is 0 Å². The summed E-state index contributed by atoms with van der Waals surface area (Å²) in [5.41, 5.74) is -1.53. The van der Waals surface area contributed by atoms with Crippen molar-refractivity contribution in [2.24, 2.45) is 5.92 Å². The lowest BCUT2D eigenvalue weighted by Crippen LogP contribution is -2.45. The smallest absolute Gasteiger partial charge is 0.335 e. The Hall–Kier alpha value is -1.26. The predicted molar refractivity (Wildman–Crippen MR) is 94.8 cm³/mol. The number of carbonyl (C=O) groups is 1. The van der Waals surface area contributed by atoms with Gasteiger partial charge < -0.3 is 14.9 Å². The number of aliphatic carboxylic acids is 1. The normalized spacial score (nSPS) is 18.4. The molecule has 1 atom stereocenters. The quantitative estimate of drug-likeness (QED) is 0.761. The standard InChI is InChI=1S/C19H27ClO4/c1-18(2,15-10-14(20)8-9-16(15)24-3)12-19(23,17(21)22)11-13-6-4-5-7-13/h8-10,13,23H,4-7,11-12H2,1-3H3,(H,21,22). The average molecular weight is 355 g/mol. The number of carboxylic acids is 1. The molecule has 0 radical (unpaired) electrons. The molecule has 0 heterocycles. The van der Waals surface area contributed by atoms with Crippen LogP contribution in [0.15, 0.2) is 18.2 Å². The highest BCUT2D eigenvalue weighted by Crippen LogP contribution is 2.42. The largest absolute Gasteiger partial charge is 0.496 e. The number of aliphatic hydroxyl groups is 1. The summed E-state index contributed by atoms with van der Waals surface area (Å²) in [4.78, 5) is 11.8. The number of hydrogen-bond donors (Lipinski definition) is 2. The Kier molecular flexibility index (Phi) is 5.82. The van der Waals surface area contributed by atoms with E-state index in [4.69, 9.17) is 16.3 Å². The molecule has 5 heteroatoms. The van der Waals surface area contributed by atoms with Crippen LogP contribution in [-0.2, 0) is 10.2 Å². The first kappa shape index (κ1) is 19.1. The van der Waals surface area contributed by atoms with Crippen molar-refractivity contribution in [3.63, 3.8) is 0 Å². The van der Waals surface area contributed by atoms with Gasteiger partial charge in [0.1, 0.15) is 5.75 Å². The second-order valence-corrected chi connectivity index (χ2v) is 8.03. The Balaban J connectivity index is 2.29. The first-order valence-corrected chi connectivity index (χ1v) is 8.85. The zero-order valence-corrected chi connectivity index (χ0v) is 15.4. The minimum absolute atomic E-state index is 0.114. The number of ether oxygens (including phenoxy) is 1. The van der Waals surface area contributed by atoms with E-state index in [1.807, 2.05) is 13.8 Å². The van der Waals surface area contributed by atoms with Crippen LogP contribution in [0.2, 0.25) is 5.02 Å². The van der Waals surface area contributed by atoms with Crippen molar-refractivity contribution in [2.45, 2.75) is 63.4 Å². The van der Waals surface area contributed by atoms with Crippen LogP contribution in [0.25, 0.3) is 0 Å². The monoisotopic (exact) mass is 354 g/mol. The highest BCUT2D eigenvalue weighted by Gasteiger charge is 2.44. The van der Waals surface area contributed by atoms with Gasteiger partial charge in [0.25, 0.3) is 0 Å². The first-order valence-electron chi connectivity index (χ1n) is 8.48. The van der Waals surface area contributed by atoms with Crippen molar-refractivity contribution in [3.8, 4) is 5.75 Å². The van der Waals surface area contributed by atoms with Crippen molar-refractivity contribution >= 4 is 17.6 Å². The van der Waals surface area contributed by atoms with Gasteiger partial charge in [-0.25, -0.2) is 4.79 Å². The van der Waals surface area contributed by atoms with Gasteiger partial charge in [-0.3, -0.25) is 0 Å². The van der Waals surface area contributed by atoms with Crippen molar-refractivity contribution in [1.82, 2.24) is 0 Å². The summed E-state index contributed by atoms with van der Waals surface area (Å²) in [6.45, 7) is 3.84. The molecular formula is C19H27ClO4. The van der Waals surface area contributed by atoms with Crippen LogP contribution < -0.4 is 4.74 Å². The summed E-state index contributed by atoms with van der Waals surface area (Å²) in [5.74, 6) is -0.218. The van der Waals surface area contributed by atoms with Crippen LogP contribution in [0.3, 0.4) is 0 Å². The second kappa shape index (κ2) is 7.32. The molecular weight excluding hydrogens is 328 g/mol. The summed E-state index contributed by atoms with van der Waals surface area (Å²) in [6, 6.07) is 5.30.